The number of aromatic nitrogens is 1. The summed E-state index contributed by atoms with van der Waals surface area (Å²) in [6.07, 6.45) is 0.946. The third kappa shape index (κ3) is 3.78. The average molecular weight is 418 g/mol. The van der Waals surface area contributed by atoms with Crippen molar-refractivity contribution in [2.45, 2.75) is 24.9 Å². The van der Waals surface area contributed by atoms with Gasteiger partial charge < -0.3 is 20.4 Å². The number of thiophene rings is 1. The molecule has 2 atom stereocenters. The summed E-state index contributed by atoms with van der Waals surface area (Å²) in [5, 5.41) is 7.04. The van der Waals surface area contributed by atoms with Crippen LogP contribution in [0.25, 0.3) is 10.2 Å². The molecule has 0 aliphatic heterocycles. The summed E-state index contributed by atoms with van der Waals surface area (Å²) in [7, 11) is 1.57. The van der Waals surface area contributed by atoms with Gasteiger partial charge in [-0.05, 0) is 29.7 Å². The van der Waals surface area contributed by atoms with Crippen molar-refractivity contribution in [2.24, 2.45) is 0 Å². The predicted octanol–water partition coefficient (Wildman–Crippen LogP) is 3.43. The molecule has 3 aromatic rings. The van der Waals surface area contributed by atoms with Gasteiger partial charge in [0.25, 0.3) is 5.91 Å². The lowest BCUT2D eigenvalue weighted by atomic mass is 10.1. The van der Waals surface area contributed by atoms with E-state index in [9.17, 15) is 9.59 Å². The van der Waals surface area contributed by atoms with Crippen molar-refractivity contribution in [3.63, 3.8) is 0 Å². The lowest BCUT2D eigenvalue weighted by Gasteiger charge is -2.23. The molecule has 2 aromatic heterocycles. The first-order valence-electron chi connectivity index (χ1n) is 9.00. The van der Waals surface area contributed by atoms with Crippen molar-refractivity contribution in [1.29, 1.82) is 0 Å². The summed E-state index contributed by atoms with van der Waals surface area (Å²) in [6, 6.07) is 11.1. The van der Waals surface area contributed by atoms with Gasteiger partial charge >= 0.3 is 0 Å². The Morgan fingerprint density at radius 3 is 2.89 bits per heavy atom. The molecule has 1 aromatic carbocycles. The average Bonchev–Trinajstić information content (AvgIpc) is 3.31. The van der Waals surface area contributed by atoms with Gasteiger partial charge in [0, 0.05) is 18.9 Å². The Hall–Kier alpha value is -2.35. The zero-order valence-corrected chi connectivity index (χ0v) is 16.8. The quantitative estimate of drug-likeness (QED) is 0.574. The van der Waals surface area contributed by atoms with E-state index in [1.54, 1.807) is 13.2 Å². The van der Waals surface area contributed by atoms with E-state index in [4.69, 9.17) is 16.3 Å². The number of hydrogen-bond acceptors (Lipinski definition) is 4. The third-order valence-corrected chi connectivity index (χ3v) is 6.12. The van der Waals surface area contributed by atoms with Gasteiger partial charge in [0.05, 0.1) is 23.0 Å². The smallest absolute Gasteiger partial charge is 0.268 e. The number of benzene rings is 1. The monoisotopic (exact) mass is 417 g/mol. The highest BCUT2D eigenvalue weighted by atomic mass is 35.5. The first-order valence-corrected chi connectivity index (χ1v) is 10.2. The van der Waals surface area contributed by atoms with E-state index >= 15 is 0 Å². The molecule has 146 valence electrons. The Kier molecular flexibility index (Phi) is 5.39. The van der Waals surface area contributed by atoms with Gasteiger partial charge in [0.15, 0.2) is 0 Å². The normalized spacial score (nSPS) is 18.2. The minimum Gasteiger partial charge on any atom is -0.384 e. The van der Waals surface area contributed by atoms with Gasteiger partial charge in [-0.1, -0.05) is 35.9 Å². The van der Waals surface area contributed by atoms with Gasteiger partial charge in [-0.2, -0.15) is 0 Å². The zero-order valence-electron chi connectivity index (χ0n) is 15.3. The summed E-state index contributed by atoms with van der Waals surface area (Å²) in [5.74, 6) is -0.300. The highest BCUT2D eigenvalue weighted by molar-refractivity contribution is 7.22. The minimum absolute atomic E-state index is 0.0992. The number of ether oxygens (including phenoxy) is 1. The van der Waals surface area contributed by atoms with E-state index in [1.165, 1.54) is 11.3 Å². The fourth-order valence-corrected chi connectivity index (χ4v) is 4.74. The van der Waals surface area contributed by atoms with Gasteiger partial charge in [0.2, 0.25) is 5.91 Å². The third-order valence-electron chi connectivity index (χ3n) is 4.92. The van der Waals surface area contributed by atoms with Crippen LogP contribution in [0.3, 0.4) is 0 Å². The fourth-order valence-electron chi connectivity index (χ4n) is 3.61. The number of hydrogen-bond donors (Lipinski definition) is 3. The lowest BCUT2D eigenvalue weighted by molar-refractivity contribution is -0.122. The van der Waals surface area contributed by atoms with Crippen molar-refractivity contribution >= 4 is 45.0 Å². The number of carbonyl (C=O) groups excluding carboxylic acids is 2. The molecule has 0 bridgehead atoms. The van der Waals surface area contributed by atoms with Crippen molar-refractivity contribution < 1.29 is 14.3 Å². The number of halogens is 1. The molecule has 0 radical (unpaired) electrons. The Bertz CT molecular complexity index is 997. The minimum atomic E-state index is -0.268. The van der Waals surface area contributed by atoms with Crippen molar-refractivity contribution in [3.8, 4) is 0 Å². The van der Waals surface area contributed by atoms with Crippen LogP contribution in [0.15, 0.2) is 36.4 Å². The molecule has 6 nitrogen and oxygen atoms in total. The van der Waals surface area contributed by atoms with Crippen LogP contribution in [0.4, 0.5) is 0 Å². The maximum Gasteiger partial charge on any atom is 0.268 e. The molecule has 4 rings (SSSR count). The molecule has 0 unspecified atom stereocenters. The largest absolute Gasteiger partial charge is 0.384 e. The van der Waals surface area contributed by atoms with Crippen LogP contribution in [0, 0.1) is 0 Å². The van der Waals surface area contributed by atoms with E-state index in [-0.39, 0.29) is 30.3 Å². The second kappa shape index (κ2) is 7.95. The first kappa shape index (κ1) is 19.0. The molecule has 8 heteroatoms. The second-order valence-corrected chi connectivity index (χ2v) is 8.47. The standard InChI is InChI=1S/C20H20ClN3O3S/c1-27-7-6-17(25)24-18-13-5-3-2-4-11(13)8-14(18)22-19(26)15-9-12-10-16(21)28-20(12)23-15/h2-5,9-10,14,18,23H,6-8H2,1H3,(H,22,26)(H,24,25)/t14-,18-/m1/s1. The number of rotatable bonds is 6. The number of nitrogens with one attached hydrogen (secondary N) is 3. The Morgan fingerprint density at radius 1 is 1.29 bits per heavy atom. The maximum absolute atomic E-state index is 12.8. The summed E-state index contributed by atoms with van der Waals surface area (Å²) in [5.41, 5.74) is 2.65. The van der Waals surface area contributed by atoms with Gasteiger partial charge in [-0.3, -0.25) is 9.59 Å². The Labute approximate surface area is 171 Å². The van der Waals surface area contributed by atoms with Crippen LogP contribution in [-0.2, 0) is 16.0 Å². The number of aromatic amines is 1. The summed E-state index contributed by atoms with van der Waals surface area (Å²) < 4.78 is 5.66. The molecular weight excluding hydrogens is 398 g/mol. The molecule has 28 heavy (non-hydrogen) atoms. The number of H-pyrrole nitrogens is 1. The van der Waals surface area contributed by atoms with Crippen LogP contribution in [0.5, 0.6) is 0 Å². The maximum atomic E-state index is 12.8. The molecule has 2 amide bonds. The van der Waals surface area contributed by atoms with E-state index in [0.717, 1.165) is 21.3 Å². The molecule has 2 heterocycles. The Balaban J connectivity index is 1.52. The van der Waals surface area contributed by atoms with Crippen molar-refractivity contribution in [1.82, 2.24) is 15.6 Å². The van der Waals surface area contributed by atoms with Gasteiger partial charge in [-0.25, -0.2) is 0 Å². The number of methoxy groups -OCH3 is 1. The van der Waals surface area contributed by atoms with E-state index < -0.39 is 0 Å². The van der Waals surface area contributed by atoms with E-state index in [0.29, 0.717) is 23.1 Å². The molecule has 0 saturated heterocycles. The zero-order chi connectivity index (χ0) is 19.7. The second-order valence-electron chi connectivity index (χ2n) is 6.79. The Morgan fingerprint density at radius 2 is 2.11 bits per heavy atom. The molecule has 3 N–H and O–H groups in total. The number of fused-ring (bicyclic) bond motifs is 2. The highest BCUT2D eigenvalue weighted by Crippen LogP contribution is 2.32. The molecule has 1 aliphatic rings. The SMILES string of the molecule is COCCC(=O)N[C@@H]1c2ccccc2C[C@H]1NC(=O)c1cc2cc(Cl)sc2[nH]1. The highest BCUT2D eigenvalue weighted by Gasteiger charge is 2.34. The van der Waals surface area contributed by atoms with Crippen LogP contribution in [0.2, 0.25) is 4.34 Å². The van der Waals surface area contributed by atoms with Crippen LogP contribution < -0.4 is 10.6 Å². The molecule has 0 spiro atoms. The van der Waals surface area contributed by atoms with E-state index in [2.05, 4.69) is 15.6 Å². The predicted molar refractivity (Wildman–Crippen MR) is 110 cm³/mol. The topological polar surface area (TPSA) is 83.2 Å². The van der Waals surface area contributed by atoms with Crippen LogP contribution in [0.1, 0.15) is 34.1 Å². The van der Waals surface area contributed by atoms with Crippen molar-refractivity contribution in [2.75, 3.05) is 13.7 Å². The summed E-state index contributed by atoms with van der Waals surface area (Å²) in [6.45, 7) is 0.360. The van der Waals surface area contributed by atoms with E-state index in [1.807, 2.05) is 30.3 Å². The first-order chi connectivity index (χ1) is 13.5. The number of amides is 2. The van der Waals surface area contributed by atoms with Gasteiger partial charge in [-0.15, -0.1) is 11.3 Å². The number of carbonyl (C=O) groups is 2. The van der Waals surface area contributed by atoms with Crippen LogP contribution >= 0.6 is 22.9 Å². The molecule has 0 saturated carbocycles. The van der Waals surface area contributed by atoms with Crippen LogP contribution in [-0.4, -0.2) is 36.6 Å². The van der Waals surface area contributed by atoms with Gasteiger partial charge in [0.1, 0.15) is 10.5 Å². The lowest BCUT2D eigenvalue weighted by Crippen LogP contribution is -2.44. The molecular formula is C20H20ClN3O3S. The van der Waals surface area contributed by atoms with Crippen molar-refractivity contribution in [3.05, 3.63) is 57.6 Å². The summed E-state index contributed by atoms with van der Waals surface area (Å²) >= 11 is 7.40. The molecule has 1 aliphatic carbocycles. The summed E-state index contributed by atoms with van der Waals surface area (Å²) in [4.78, 5) is 29.0. The molecule has 0 fully saturated rings. The fraction of sp³-hybridized carbons (Fsp3) is 0.300.